The van der Waals surface area contributed by atoms with Gasteiger partial charge in [-0.1, -0.05) is 6.07 Å². The highest BCUT2D eigenvalue weighted by molar-refractivity contribution is 5.88. The molecule has 28 heavy (non-hydrogen) atoms. The third-order valence-electron chi connectivity index (χ3n) is 3.79. The van der Waals surface area contributed by atoms with Gasteiger partial charge in [0.25, 0.3) is 0 Å². The quantitative estimate of drug-likeness (QED) is 0.536. The molecule has 0 radical (unpaired) electrons. The molecule has 1 amide bonds. The Morgan fingerprint density at radius 1 is 1.11 bits per heavy atom. The minimum atomic E-state index is -4.93. The number of amides is 1. The van der Waals surface area contributed by atoms with Crippen LogP contribution in [0.5, 0.6) is 5.75 Å². The van der Waals surface area contributed by atoms with E-state index in [1.807, 2.05) is 0 Å². The number of aromatic hydroxyl groups is 1. The number of nitrogens with zero attached hydrogens (tertiary/aromatic N) is 1. The van der Waals surface area contributed by atoms with Crippen LogP contribution in [0, 0.1) is 0 Å². The number of hydrazine groups is 1. The normalized spacial score (nSPS) is 11.0. The Balaban J connectivity index is 2.03. The lowest BCUT2D eigenvalue weighted by atomic mass is 10.1. The minimum absolute atomic E-state index is 0.0692. The van der Waals surface area contributed by atoms with Crippen LogP contribution in [0.25, 0.3) is 0 Å². The van der Waals surface area contributed by atoms with Gasteiger partial charge in [0.15, 0.2) is 0 Å². The van der Waals surface area contributed by atoms with E-state index in [9.17, 15) is 27.9 Å². The summed E-state index contributed by atoms with van der Waals surface area (Å²) in [4.78, 5) is 21.7. The Labute approximate surface area is 158 Å². The van der Waals surface area contributed by atoms with Crippen LogP contribution in [-0.4, -0.2) is 41.9 Å². The summed E-state index contributed by atoms with van der Waals surface area (Å²) in [7, 11) is 1.61. The molecule has 0 atom stereocenters. The molecule has 4 N–H and O–H groups in total. The number of benzene rings is 2. The molecule has 2 aromatic rings. The molecule has 0 saturated heterocycles. The number of carbonyl (C=O) groups excluding carboxylic acids is 1. The standard InChI is InChI=1S/C18H18F3N3O4/c1-24(23-13-5-3-12(4-6-13)16(26)27)14-10-11(2-7-15(14)25)8-9-22-17(28)18(19,20)21/h2-7,10,23,25H,8-9H2,1H3,(H,22,28)(H,26,27). The van der Waals surface area contributed by atoms with E-state index in [0.29, 0.717) is 16.9 Å². The number of alkyl halides is 3. The third-order valence-corrected chi connectivity index (χ3v) is 3.79. The number of hydrogen-bond acceptors (Lipinski definition) is 5. The Bertz CT molecular complexity index is 854. The third kappa shape index (κ3) is 5.53. The summed E-state index contributed by atoms with van der Waals surface area (Å²) in [5, 5.41) is 22.2. The molecule has 150 valence electrons. The maximum atomic E-state index is 12.2. The molecule has 0 aromatic heterocycles. The number of nitrogens with one attached hydrogen (secondary N) is 2. The molecule has 0 bridgehead atoms. The summed E-state index contributed by atoms with van der Waals surface area (Å²) < 4.78 is 36.5. The number of rotatable bonds is 7. The van der Waals surface area contributed by atoms with Crippen molar-refractivity contribution in [2.75, 3.05) is 24.0 Å². The average Bonchev–Trinajstić information content (AvgIpc) is 2.62. The van der Waals surface area contributed by atoms with E-state index in [1.54, 1.807) is 30.6 Å². The van der Waals surface area contributed by atoms with Gasteiger partial charge in [0.1, 0.15) is 5.75 Å². The monoisotopic (exact) mass is 397 g/mol. The maximum Gasteiger partial charge on any atom is 0.471 e. The van der Waals surface area contributed by atoms with Gasteiger partial charge in [-0.25, -0.2) is 4.79 Å². The van der Waals surface area contributed by atoms with E-state index >= 15 is 0 Å². The molecule has 0 saturated carbocycles. The highest BCUT2D eigenvalue weighted by atomic mass is 19.4. The second-order valence-corrected chi connectivity index (χ2v) is 5.88. The Morgan fingerprint density at radius 2 is 1.75 bits per heavy atom. The Hall–Kier alpha value is -3.43. The molecule has 0 fully saturated rings. The Morgan fingerprint density at radius 3 is 2.32 bits per heavy atom. The molecule has 0 spiro atoms. The molecule has 0 aliphatic carbocycles. The van der Waals surface area contributed by atoms with E-state index in [2.05, 4.69) is 5.43 Å². The van der Waals surface area contributed by atoms with E-state index in [4.69, 9.17) is 5.11 Å². The topological polar surface area (TPSA) is 102 Å². The average molecular weight is 397 g/mol. The van der Waals surface area contributed by atoms with E-state index in [0.717, 1.165) is 0 Å². The van der Waals surface area contributed by atoms with Crippen molar-refractivity contribution in [3.05, 3.63) is 53.6 Å². The van der Waals surface area contributed by atoms with Gasteiger partial charge in [-0.2, -0.15) is 13.2 Å². The number of anilines is 2. The highest BCUT2D eigenvalue weighted by Crippen LogP contribution is 2.28. The van der Waals surface area contributed by atoms with Gasteiger partial charge >= 0.3 is 18.1 Å². The number of phenolic OH excluding ortho intramolecular Hbond substituents is 1. The van der Waals surface area contributed by atoms with Crippen molar-refractivity contribution in [3.63, 3.8) is 0 Å². The second-order valence-electron chi connectivity index (χ2n) is 5.88. The van der Waals surface area contributed by atoms with Gasteiger partial charge in [0, 0.05) is 13.6 Å². The lowest BCUT2D eigenvalue weighted by Crippen LogP contribution is -2.37. The van der Waals surface area contributed by atoms with Gasteiger partial charge in [-0.15, -0.1) is 0 Å². The fourth-order valence-electron chi connectivity index (χ4n) is 2.35. The molecule has 0 unspecified atom stereocenters. The van der Waals surface area contributed by atoms with Crippen molar-refractivity contribution in [3.8, 4) is 5.75 Å². The molecule has 2 rings (SSSR count). The molecule has 2 aromatic carbocycles. The maximum absolute atomic E-state index is 12.2. The van der Waals surface area contributed by atoms with Crippen LogP contribution < -0.4 is 15.8 Å². The number of phenols is 1. The number of carboxylic acids is 1. The number of hydrogen-bond donors (Lipinski definition) is 4. The smallest absolute Gasteiger partial charge is 0.471 e. The molecular formula is C18H18F3N3O4. The summed E-state index contributed by atoms with van der Waals surface area (Å²) in [6, 6.07) is 10.4. The van der Waals surface area contributed by atoms with Crippen LogP contribution in [0.15, 0.2) is 42.5 Å². The van der Waals surface area contributed by atoms with Crippen LogP contribution in [0.3, 0.4) is 0 Å². The number of carbonyl (C=O) groups is 2. The summed E-state index contributed by atoms with van der Waals surface area (Å²) >= 11 is 0. The predicted octanol–water partition coefficient (Wildman–Crippen LogP) is 2.77. The first-order chi connectivity index (χ1) is 13.1. The zero-order chi connectivity index (χ0) is 20.9. The first kappa shape index (κ1) is 20.9. The van der Waals surface area contributed by atoms with Gasteiger partial charge in [0.2, 0.25) is 0 Å². The van der Waals surface area contributed by atoms with Gasteiger partial charge in [-0.05, 0) is 48.4 Å². The summed E-state index contributed by atoms with van der Waals surface area (Å²) in [5.74, 6) is -3.13. The van der Waals surface area contributed by atoms with Crippen molar-refractivity contribution in [1.29, 1.82) is 0 Å². The second kappa shape index (κ2) is 8.51. The molecule has 7 nitrogen and oxygen atoms in total. The van der Waals surface area contributed by atoms with Crippen molar-refractivity contribution in [2.45, 2.75) is 12.6 Å². The van der Waals surface area contributed by atoms with Gasteiger partial charge in [-0.3, -0.25) is 15.2 Å². The zero-order valence-electron chi connectivity index (χ0n) is 14.7. The lowest BCUT2D eigenvalue weighted by molar-refractivity contribution is -0.173. The van der Waals surface area contributed by atoms with E-state index in [1.165, 1.54) is 29.3 Å². The molecule has 10 heteroatoms. The minimum Gasteiger partial charge on any atom is -0.506 e. The van der Waals surface area contributed by atoms with Crippen molar-refractivity contribution in [1.82, 2.24) is 5.32 Å². The van der Waals surface area contributed by atoms with Gasteiger partial charge in [0.05, 0.1) is 16.9 Å². The SMILES string of the molecule is CN(Nc1ccc(C(=O)O)cc1)c1cc(CCNC(=O)C(F)(F)F)ccc1O. The first-order valence-corrected chi connectivity index (χ1v) is 8.08. The summed E-state index contributed by atoms with van der Waals surface area (Å²) in [5.41, 5.74) is 4.59. The lowest BCUT2D eigenvalue weighted by Gasteiger charge is -2.23. The fraction of sp³-hybridized carbons (Fsp3) is 0.222. The van der Waals surface area contributed by atoms with E-state index < -0.39 is 18.1 Å². The number of halogens is 3. The van der Waals surface area contributed by atoms with Crippen LogP contribution in [0.4, 0.5) is 24.5 Å². The largest absolute Gasteiger partial charge is 0.506 e. The van der Waals surface area contributed by atoms with Crippen LogP contribution in [0.2, 0.25) is 0 Å². The highest BCUT2D eigenvalue weighted by Gasteiger charge is 2.38. The van der Waals surface area contributed by atoms with Crippen LogP contribution in [0.1, 0.15) is 15.9 Å². The first-order valence-electron chi connectivity index (χ1n) is 8.08. The number of aromatic carboxylic acids is 1. The van der Waals surface area contributed by atoms with Crippen molar-refractivity contribution < 1.29 is 33.0 Å². The van der Waals surface area contributed by atoms with Crippen molar-refractivity contribution in [2.24, 2.45) is 0 Å². The molecule has 0 heterocycles. The fourth-order valence-corrected chi connectivity index (χ4v) is 2.35. The van der Waals surface area contributed by atoms with Gasteiger partial charge < -0.3 is 15.5 Å². The summed E-state index contributed by atoms with van der Waals surface area (Å²) in [6.07, 6.45) is -4.79. The zero-order valence-corrected chi connectivity index (χ0v) is 14.7. The molecule has 0 aliphatic heterocycles. The van der Waals surface area contributed by atoms with Crippen LogP contribution >= 0.6 is 0 Å². The number of carboxylic acid groups (broad SMARTS) is 1. The molecular weight excluding hydrogens is 379 g/mol. The molecule has 0 aliphatic rings. The van der Waals surface area contributed by atoms with Crippen molar-refractivity contribution >= 4 is 23.3 Å². The summed E-state index contributed by atoms with van der Waals surface area (Å²) in [6.45, 7) is -0.212. The van der Waals surface area contributed by atoms with E-state index in [-0.39, 0.29) is 24.3 Å². The van der Waals surface area contributed by atoms with Crippen LogP contribution in [-0.2, 0) is 11.2 Å². The predicted molar refractivity (Wildman–Crippen MR) is 96.3 cm³/mol. The Kier molecular flexibility index (Phi) is 6.34.